The van der Waals surface area contributed by atoms with Crippen LogP contribution in [0, 0.1) is 0 Å². The van der Waals surface area contributed by atoms with E-state index in [0.717, 1.165) is 12.1 Å². The van der Waals surface area contributed by atoms with Gasteiger partial charge in [-0.25, -0.2) is 0 Å². The minimum atomic E-state index is -4.58. The van der Waals surface area contributed by atoms with E-state index >= 15 is 0 Å². The maximum absolute atomic E-state index is 12.7. The Morgan fingerprint density at radius 3 is 2.24 bits per heavy atom. The van der Waals surface area contributed by atoms with Gasteiger partial charge in [0.05, 0.1) is 18.7 Å². The molecule has 0 aliphatic carbocycles. The number of ether oxygens (including phenoxy) is 1. The lowest BCUT2D eigenvalue weighted by Crippen LogP contribution is -2.39. The predicted octanol–water partition coefficient (Wildman–Crippen LogP) is 2.80. The molecule has 0 heterocycles. The normalized spacial score (nSPS) is 10.8. The quantitative estimate of drug-likeness (QED) is 0.640. The van der Waals surface area contributed by atoms with Gasteiger partial charge in [-0.15, -0.1) is 0 Å². The number of nitrogens with one attached hydrogen (secondary N) is 3. The van der Waals surface area contributed by atoms with Crippen molar-refractivity contribution >= 4 is 29.1 Å². The van der Waals surface area contributed by atoms with Crippen molar-refractivity contribution in [3.8, 4) is 5.75 Å². The molecular weight excluding hydrogens is 391 g/mol. The summed E-state index contributed by atoms with van der Waals surface area (Å²) < 4.78 is 43.3. The number of hydrogen-bond donors (Lipinski definition) is 3. The van der Waals surface area contributed by atoms with Gasteiger partial charge in [0, 0.05) is 11.4 Å². The second-order valence-corrected chi connectivity index (χ2v) is 5.72. The van der Waals surface area contributed by atoms with Crippen molar-refractivity contribution in [2.75, 3.05) is 23.8 Å². The molecule has 0 saturated carbocycles. The first-order chi connectivity index (χ1) is 13.7. The summed E-state index contributed by atoms with van der Waals surface area (Å²) in [7, 11) is 0. The molecule has 154 valence electrons. The summed E-state index contributed by atoms with van der Waals surface area (Å²) in [5, 5.41) is 6.65. The lowest BCUT2D eigenvalue weighted by molar-refractivity contribution is -0.137. The van der Waals surface area contributed by atoms with Gasteiger partial charge in [-0.2, -0.15) is 13.2 Å². The lowest BCUT2D eigenvalue weighted by atomic mass is 10.2. The fourth-order valence-electron chi connectivity index (χ4n) is 2.21. The monoisotopic (exact) mass is 409 g/mol. The molecule has 2 aromatic carbocycles. The maximum atomic E-state index is 12.7. The van der Waals surface area contributed by atoms with Gasteiger partial charge >= 0.3 is 18.0 Å². The fourth-order valence-corrected chi connectivity index (χ4v) is 2.21. The third kappa shape index (κ3) is 6.83. The van der Waals surface area contributed by atoms with E-state index in [1.54, 1.807) is 24.3 Å². The first-order valence-corrected chi connectivity index (χ1v) is 8.48. The van der Waals surface area contributed by atoms with Crippen molar-refractivity contribution in [2.24, 2.45) is 0 Å². The molecule has 2 rings (SSSR count). The van der Waals surface area contributed by atoms with Gasteiger partial charge in [0.25, 0.3) is 0 Å². The average molecular weight is 409 g/mol. The summed E-state index contributed by atoms with van der Waals surface area (Å²) in [6, 6.07) is 10.3. The Morgan fingerprint density at radius 1 is 0.931 bits per heavy atom. The van der Waals surface area contributed by atoms with Crippen LogP contribution in [0.1, 0.15) is 12.5 Å². The molecule has 3 amide bonds. The number of carbonyl (C=O) groups excluding carboxylic acids is 3. The van der Waals surface area contributed by atoms with Gasteiger partial charge in [0.15, 0.2) is 0 Å². The van der Waals surface area contributed by atoms with Gasteiger partial charge in [0.2, 0.25) is 5.91 Å². The van der Waals surface area contributed by atoms with E-state index in [-0.39, 0.29) is 5.69 Å². The molecule has 0 bridgehead atoms. The molecule has 0 aliphatic heterocycles. The summed E-state index contributed by atoms with van der Waals surface area (Å²) in [6.07, 6.45) is -4.58. The number of carbonyl (C=O) groups is 3. The minimum Gasteiger partial charge on any atom is -0.494 e. The number of amides is 3. The third-order valence-electron chi connectivity index (χ3n) is 3.51. The van der Waals surface area contributed by atoms with E-state index in [1.165, 1.54) is 6.07 Å². The topological polar surface area (TPSA) is 96.5 Å². The molecule has 0 aromatic heterocycles. The molecule has 0 saturated heterocycles. The number of benzene rings is 2. The second-order valence-electron chi connectivity index (χ2n) is 5.72. The molecule has 3 N–H and O–H groups in total. The first-order valence-electron chi connectivity index (χ1n) is 8.48. The van der Waals surface area contributed by atoms with Crippen molar-refractivity contribution in [1.82, 2.24) is 5.32 Å². The van der Waals surface area contributed by atoms with Crippen molar-refractivity contribution in [3.63, 3.8) is 0 Å². The van der Waals surface area contributed by atoms with Crippen molar-refractivity contribution in [3.05, 3.63) is 54.1 Å². The Morgan fingerprint density at radius 2 is 1.62 bits per heavy atom. The van der Waals surface area contributed by atoms with Crippen LogP contribution >= 0.6 is 0 Å². The van der Waals surface area contributed by atoms with Crippen LogP contribution in [0.15, 0.2) is 48.5 Å². The number of anilines is 2. The van der Waals surface area contributed by atoms with Crippen LogP contribution in [0.2, 0.25) is 0 Å². The highest BCUT2D eigenvalue weighted by Gasteiger charge is 2.30. The summed E-state index contributed by atoms with van der Waals surface area (Å²) >= 11 is 0. The highest BCUT2D eigenvalue weighted by molar-refractivity contribution is 6.39. The van der Waals surface area contributed by atoms with Crippen LogP contribution in [0.3, 0.4) is 0 Å². The van der Waals surface area contributed by atoms with Crippen molar-refractivity contribution in [2.45, 2.75) is 13.1 Å². The van der Waals surface area contributed by atoms with Crippen LogP contribution < -0.4 is 20.7 Å². The predicted molar refractivity (Wildman–Crippen MR) is 99.3 cm³/mol. The van der Waals surface area contributed by atoms with Crippen LogP contribution in [-0.4, -0.2) is 30.9 Å². The molecule has 0 fully saturated rings. The van der Waals surface area contributed by atoms with E-state index in [1.807, 2.05) is 12.2 Å². The molecule has 0 radical (unpaired) electrons. The van der Waals surface area contributed by atoms with Gasteiger partial charge in [-0.3, -0.25) is 14.4 Å². The highest BCUT2D eigenvalue weighted by atomic mass is 19.4. The van der Waals surface area contributed by atoms with Crippen molar-refractivity contribution < 1.29 is 32.3 Å². The number of alkyl halides is 3. The summed E-state index contributed by atoms with van der Waals surface area (Å²) in [5.74, 6) is -2.32. The smallest absolute Gasteiger partial charge is 0.416 e. The van der Waals surface area contributed by atoms with Gasteiger partial charge in [0.1, 0.15) is 5.75 Å². The van der Waals surface area contributed by atoms with Gasteiger partial charge in [-0.1, -0.05) is 6.07 Å². The first kappa shape index (κ1) is 21.7. The molecular formula is C19H18F3N3O4. The van der Waals surface area contributed by atoms with Crippen LogP contribution in [-0.2, 0) is 20.6 Å². The Balaban J connectivity index is 1.83. The zero-order valence-corrected chi connectivity index (χ0v) is 15.3. The summed E-state index contributed by atoms with van der Waals surface area (Å²) in [4.78, 5) is 35.4. The standard InChI is InChI=1S/C19H18F3N3O4/c1-2-29-15-8-6-13(7-9-15)24-16(26)11-23-17(27)18(28)25-14-5-3-4-12(10-14)19(20,21)22/h3-10H,2,11H2,1H3,(H,23,27)(H,24,26)(H,25,28). The largest absolute Gasteiger partial charge is 0.494 e. The van der Waals surface area contributed by atoms with E-state index < -0.39 is 36.0 Å². The Hall–Kier alpha value is -3.56. The van der Waals surface area contributed by atoms with E-state index in [0.29, 0.717) is 24.1 Å². The molecule has 29 heavy (non-hydrogen) atoms. The molecule has 0 unspecified atom stereocenters. The molecule has 0 atom stereocenters. The number of rotatable bonds is 6. The van der Waals surface area contributed by atoms with E-state index in [4.69, 9.17) is 4.74 Å². The molecule has 2 aromatic rings. The maximum Gasteiger partial charge on any atom is 0.416 e. The fraction of sp³-hybridized carbons (Fsp3) is 0.211. The van der Waals surface area contributed by atoms with Gasteiger partial charge < -0.3 is 20.7 Å². The Bertz CT molecular complexity index is 883. The lowest BCUT2D eigenvalue weighted by Gasteiger charge is -2.10. The summed E-state index contributed by atoms with van der Waals surface area (Å²) in [5.41, 5.74) is -0.703. The average Bonchev–Trinajstić information content (AvgIpc) is 2.67. The number of halogens is 3. The van der Waals surface area contributed by atoms with E-state index in [9.17, 15) is 27.6 Å². The summed E-state index contributed by atoms with van der Waals surface area (Å²) in [6.45, 7) is 1.84. The molecule has 7 nitrogen and oxygen atoms in total. The number of hydrogen-bond acceptors (Lipinski definition) is 4. The third-order valence-corrected chi connectivity index (χ3v) is 3.51. The second kappa shape index (κ2) is 9.58. The molecule has 0 spiro atoms. The highest BCUT2D eigenvalue weighted by Crippen LogP contribution is 2.30. The van der Waals surface area contributed by atoms with Crippen LogP contribution in [0.4, 0.5) is 24.5 Å². The SMILES string of the molecule is CCOc1ccc(NC(=O)CNC(=O)C(=O)Nc2cccc(C(F)(F)F)c2)cc1. The Kier molecular flexibility index (Phi) is 7.18. The molecule has 10 heteroatoms. The molecule has 0 aliphatic rings. The zero-order valence-electron chi connectivity index (χ0n) is 15.3. The Labute approximate surface area is 164 Å². The minimum absolute atomic E-state index is 0.196. The zero-order chi connectivity index (χ0) is 21.4. The van der Waals surface area contributed by atoms with E-state index in [2.05, 4.69) is 10.6 Å². The van der Waals surface area contributed by atoms with Crippen molar-refractivity contribution in [1.29, 1.82) is 0 Å². The van der Waals surface area contributed by atoms with Crippen LogP contribution in [0.25, 0.3) is 0 Å². The van der Waals surface area contributed by atoms with Gasteiger partial charge in [-0.05, 0) is 49.4 Å². The van der Waals surface area contributed by atoms with Crippen LogP contribution in [0.5, 0.6) is 5.75 Å².